The van der Waals surface area contributed by atoms with Crippen molar-refractivity contribution in [3.05, 3.63) is 47.5 Å². The monoisotopic (exact) mass is 384 g/mol. The maximum atomic E-state index is 13.9. The normalized spacial score (nSPS) is 26.5. The van der Waals surface area contributed by atoms with Crippen LogP contribution in [0.4, 0.5) is 8.78 Å². The third-order valence-electron chi connectivity index (χ3n) is 4.24. The predicted octanol–water partition coefficient (Wildman–Crippen LogP) is 3.72. The van der Waals surface area contributed by atoms with Crippen molar-refractivity contribution in [1.29, 1.82) is 0 Å². The molecule has 0 aliphatic carbocycles. The zero-order valence-electron chi connectivity index (χ0n) is 16.2. The van der Waals surface area contributed by atoms with Crippen molar-refractivity contribution in [3.63, 3.8) is 0 Å². The van der Waals surface area contributed by atoms with Gasteiger partial charge in [-0.1, -0.05) is 29.8 Å². The van der Waals surface area contributed by atoms with Gasteiger partial charge in [0.2, 0.25) is 0 Å². The van der Waals surface area contributed by atoms with Gasteiger partial charge < -0.3 is 19.3 Å². The molecule has 0 spiro atoms. The topological polar surface area (TPSA) is 65.0 Å². The van der Waals surface area contributed by atoms with Crippen molar-refractivity contribution >= 4 is 5.97 Å². The molecule has 7 heteroatoms. The minimum atomic E-state index is -3.23. The lowest BCUT2D eigenvalue weighted by Crippen LogP contribution is -2.60. The second-order valence-corrected chi connectivity index (χ2v) is 7.64. The zero-order valence-corrected chi connectivity index (χ0v) is 16.2. The van der Waals surface area contributed by atoms with Crippen LogP contribution >= 0.6 is 0 Å². The minimum Gasteiger partial charge on any atom is -0.459 e. The number of carbonyl (C=O) groups excluding carboxylic acids is 1. The number of esters is 1. The van der Waals surface area contributed by atoms with E-state index in [4.69, 9.17) is 14.2 Å². The molecule has 150 valence electrons. The van der Waals surface area contributed by atoms with Crippen LogP contribution in [0.25, 0.3) is 0 Å². The van der Waals surface area contributed by atoms with Gasteiger partial charge in [-0.05, 0) is 46.8 Å². The molecule has 2 rings (SSSR count). The largest absolute Gasteiger partial charge is 0.459 e. The highest BCUT2D eigenvalue weighted by Gasteiger charge is 2.62. The Labute approximate surface area is 157 Å². The van der Waals surface area contributed by atoms with Gasteiger partial charge in [0.15, 0.2) is 11.4 Å². The number of carbonyl (C=O) groups is 1. The fourth-order valence-corrected chi connectivity index (χ4v) is 3.38. The highest BCUT2D eigenvalue weighted by Crippen LogP contribution is 2.44. The van der Waals surface area contributed by atoms with E-state index in [2.05, 4.69) is 0 Å². The molecule has 1 aliphatic rings. The van der Waals surface area contributed by atoms with Crippen LogP contribution in [-0.4, -0.2) is 47.2 Å². The van der Waals surface area contributed by atoms with E-state index in [1.807, 2.05) is 0 Å². The van der Waals surface area contributed by atoms with Crippen molar-refractivity contribution in [2.45, 2.75) is 64.1 Å². The molecule has 1 aromatic rings. The van der Waals surface area contributed by atoms with E-state index in [-0.39, 0.29) is 5.56 Å². The summed E-state index contributed by atoms with van der Waals surface area (Å²) in [5, 5.41) is 10.8. The number of hydrogen-bond acceptors (Lipinski definition) is 5. The highest BCUT2D eigenvalue weighted by atomic mass is 19.3. The zero-order chi connectivity index (χ0) is 20.5. The molecule has 27 heavy (non-hydrogen) atoms. The van der Waals surface area contributed by atoms with Crippen molar-refractivity contribution in [3.8, 4) is 0 Å². The van der Waals surface area contributed by atoms with Crippen LogP contribution in [-0.2, 0) is 14.2 Å². The van der Waals surface area contributed by atoms with E-state index in [1.54, 1.807) is 58.9 Å². The van der Waals surface area contributed by atoms with Crippen molar-refractivity contribution in [2.75, 3.05) is 6.61 Å². The van der Waals surface area contributed by atoms with Gasteiger partial charge >= 0.3 is 5.97 Å². The van der Waals surface area contributed by atoms with Crippen molar-refractivity contribution in [1.82, 2.24) is 0 Å². The highest BCUT2D eigenvalue weighted by molar-refractivity contribution is 5.89. The first-order valence-electron chi connectivity index (χ1n) is 8.66. The second-order valence-electron chi connectivity index (χ2n) is 7.64. The predicted molar refractivity (Wildman–Crippen MR) is 95.6 cm³/mol. The molecule has 0 radical (unpaired) electrons. The number of allylic oxidation sites excluding steroid dienone is 1. The summed E-state index contributed by atoms with van der Waals surface area (Å²) in [5.41, 5.74) is -3.07. The summed E-state index contributed by atoms with van der Waals surface area (Å²) >= 11 is 0. The molecule has 0 saturated carbocycles. The van der Waals surface area contributed by atoms with Gasteiger partial charge in [-0.25, -0.2) is 13.6 Å². The summed E-state index contributed by atoms with van der Waals surface area (Å²) in [7, 11) is 0. The first kappa shape index (κ1) is 21.5. The number of alkyl halides is 2. The Kier molecular flexibility index (Phi) is 6.09. The van der Waals surface area contributed by atoms with Crippen LogP contribution < -0.4 is 0 Å². The number of benzene rings is 1. The van der Waals surface area contributed by atoms with E-state index >= 15 is 0 Å². The Morgan fingerprint density at radius 2 is 1.89 bits per heavy atom. The molecule has 1 heterocycles. The minimum absolute atomic E-state index is 0.199. The molecule has 1 aliphatic heterocycles. The first-order valence-corrected chi connectivity index (χ1v) is 8.66. The van der Waals surface area contributed by atoms with E-state index in [9.17, 15) is 18.7 Å². The van der Waals surface area contributed by atoms with Crippen LogP contribution in [0.2, 0.25) is 0 Å². The summed E-state index contributed by atoms with van der Waals surface area (Å²) in [6.45, 7) is 7.35. The maximum Gasteiger partial charge on any atom is 0.338 e. The van der Waals surface area contributed by atoms with Gasteiger partial charge in [-0.3, -0.25) is 0 Å². The lowest BCUT2D eigenvalue weighted by Gasteiger charge is -2.37. The van der Waals surface area contributed by atoms with Crippen LogP contribution in [0.5, 0.6) is 0 Å². The lowest BCUT2D eigenvalue weighted by atomic mass is 9.84. The van der Waals surface area contributed by atoms with E-state index < -0.39 is 42.1 Å². The number of halogens is 2. The van der Waals surface area contributed by atoms with Crippen molar-refractivity contribution in [2.24, 2.45) is 0 Å². The molecule has 0 amide bonds. The molecule has 0 bridgehead atoms. The van der Waals surface area contributed by atoms with E-state index in [0.717, 1.165) is 5.57 Å². The molecule has 1 fully saturated rings. The van der Waals surface area contributed by atoms with E-state index in [1.165, 1.54) is 12.1 Å². The molecular weight excluding hydrogens is 358 g/mol. The Hall–Kier alpha value is -1.83. The number of hydrogen-bond donors (Lipinski definition) is 1. The summed E-state index contributed by atoms with van der Waals surface area (Å²) in [4.78, 5) is 12.1. The summed E-state index contributed by atoms with van der Waals surface area (Å²) in [5.74, 6) is -2.01. The molecule has 1 aromatic carbocycles. The Balaban J connectivity index is 2.30. The quantitative estimate of drug-likeness (QED) is 0.598. The SMILES string of the molecule is CC(C)=C[C@]1(C)OC(C)(C)O[C@@H]1C(O)(COC(=O)c1ccccc1)C(F)F. The molecule has 5 nitrogen and oxygen atoms in total. The van der Waals surface area contributed by atoms with Gasteiger partial charge in [0.25, 0.3) is 6.43 Å². The first-order chi connectivity index (χ1) is 12.4. The van der Waals surface area contributed by atoms with Gasteiger partial charge in [0.05, 0.1) is 5.56 Å². The number of rotatable bonds is 6. The average Bonchev–Trinajstić information content (AvgIpc) is 2.81. The summed E-state index contributed by atoms with van der Waals surface area (Å²) < 4.78 is 44.3. The third-order valence-corrected chi connectivity index (χ3v) is 4.24. The molecule has 0 aromatic heterocycles. The molecule has 1 N–H and O–H groups in total. The Morgan fingerprint density at radius 1 is 1.30 bits per heavy atom. The van der Waals surface area contributed by atoms with Crippen molar-refractivity contribution < 1.29 is 32.9 Å². The fraction of sp³-hybridized carbons (Fsp3) is 0.550. The average molecular weight is 384 g/mol. The summed E-state index contributed by atoms with van der Waals surface area (Å²) in [6, 6.07) is 7.95. The van der Waals surface area contributed by atoms with Gasteiger partial charge in [-0.2, -0.15) is 0 Å². The van der Waals surface area contributed by atoms with Crippen LogP contribution in [0.15, 0.2) is 42.0 Å². The molecule has 3 atom stereocenters. The van der Waals surface area contributed by atoms with Crippen LogP contribution in [0, 0.1) is 0 Å². The fourth-order valence-electron chi connectivity index (χ4n) is 3.38. The molecule has 1 unspecified atom stereocenters. The standard InChI is InChI=1S/C20H26F2O5/c1-13(2)11-19(5)16(26-18(3,4)27-19)20(24,17(21)22)12-25-15(23)14-9-7-6-8-10-14/h6-11,16-17,24H,12H2,1-5H3/t16-,19-,20?/m0/s1. The smallest absolute Gasteiger partial charge is 0.338 e. The molecule has 1 saturated heterocycles. The van der Waals surface area contributed by atoms with Gasteiger partial charge in [-0.15, -0.1) is 0 Å². The third kappa shape index (κ3) is 4.72. The Bertz CT molecular complexity index is 700. The van der Waals surface area contributed by atoms with Crippen LogP contribution in [0.1, 0.15) is 45.0 Å². The van der Waals surface area contributed by atoms with Gasteiger partial charge in [0.1, 0.15) is 18.3 Å². The molecular formula is C20H26F2O5. The number of aliphatic hydroxyl groups is 1. The van der Waals surface area contributed by atoms with E-state index in [0.29, 0.717) is 0 Å². The summed E-state index contributed by atoms with van der Waals surface area (Å²) in [6.07, 6.45) is -3.05. The Morgan fingerprint density at radius 3 is 2.41 bits per heavy atom. The number of ether oxygens (including phenoxy) is 3. The lowest BCUT2D eigenvalue weighted by molar-refractivity contribution is -0.213. The maximum absolute atomic E-state index is 13.9. The second kappa shape index (κ2) is 7.66. The van der Waals surface area contributed by atoms with Crippen LogP contribution in [0.3, 0.4) is 0 Å². The van der Waals surface area contributed by atoms with Gasteiger partial charge in [0, 0.05) is 0 Å².